The fraction of sp³-hybridized carbons (Fsp3) is 0.267. The Balaban J connectivity index is 2.98. The first-order valence-electron chi connectivity index (χ1n) is 5.90. The highest BCUT2D eigenvalue weighted by molar-refractivity contribution is 5.91. The van der Waals surface area contributed by atoms with E-state index in [0.29, 0.717) is 17.7 Å². The van der Waals surface area contributed by atoms with Crippen LogP contribution in [0.4, 0.5) is 0 Å². The molecule has 1 rings (SSSR count). The molecule has 0 amide bonds. The van der Waals surface area contributed by atoms with Gasteiger partial charge in [0.2, 0.25) is 0 Å². The van der Waals surface area contributed by atoms with Gasteiger partial charge in [0.25, 0.3) is 0 Å². The van der Waals surface area contributed by atoms with E-state index < -0.39 is 5.97 Å². The smallest absolute Gasteiger partial charge is 0.328 e. The third-order valence-electron chi connectivity index (χ3n) is 2.50. The molecule has 0 heterocycles. The van der Waals surface area contributed by atoms with Crippen LogP contribution < -0.4 is 0 Å². The number of carboxylic acids is 1. The number of phenolic OH excluding ortho intramolecular Hbond substituents is 1. The standard InChI is InChI=1S/C15H18O4/c1-10(2)9-19-11(3)14(8-15(17)18)12-4-6-13(16)7-5-12/h4-8,11,16H,1,9H2,2-3H3,(H,17,18)/b14-8+. The van der Waals surface area contributed by atoms with Crippen molar-refractivity contribution in [3.63, 3.8) is 0 Å². The molecule has 1 atom stereocenters. The van der Waals surface area contributed by atoms with Crippen LogP contribution in [0, 0.1) is 0 Å². The summed E-state index contributed by atoms with van der Waals surface area (Å²) in [6.45, 7) is 7.73. The monoisotopic (exact) mass is 262 g/mol. The summed E-state index contributed by atoms with van der Waals surface area (Å²) in [5, 5.41) is 18.2. The zero-order valence-electron chi connectivity index (χ0n) is 11.1. The van der Waals surface area contributed by atoms with Gasteiger partial charge in [0.05, 0.1) is 12.7 Å². The first-order chi connectivity index (χ1) is 8.90. The minimum atomic E-state index is -1.03. The van der Waals surface area contributed by atoms with Crippen molar-refractivity contribution in [1.29, 1.82) is 0 Å². The molecule has 1 aromatic rings. The number of hydrogen-bond acceptors (Lipinski definition) is 3. The highest BCUT2D eigenvalue weighted by Gasteiger charge is 2.13. The van der Waals surface area contributed by atoms with Crippen molar-refractivity contribution in [2.45, 2.75) is 20.0 Å². The van der Waals surface area contributed by atoms with Crippen molar-refractivity contribution in [2.75, 3.05) is 6.61 Å². The molecule has 0 radical (unpaired) electrons. The van der Waals surface area contributed by atoms with Gasteiger partial charge >= 0.3 is 5.97 Å². The molecule has 0 aromatic heterocycles. The fourth-order valence-corrected chi connectivity index (χ4v) is 1.58. The first kappa shape index (κ1) is 15.0. The van der Waals surface area contributed by atoms with E-state index >= 15 is 0 Å². The number of phenols is 1. The van der Waals surface area contributed by atoms with E-state index in [1.165, 1.54) is 12.1 Å². The average Bonchev–Trinajstić information content (AvgIpc) is 2.34. The molecule has 102 valence electrons. The van der Waals surface area contributed by atoms with Gasteiger partial charge in [-0.15, -0.1) is 0 Å². The van der Waals surface area contributed by atoms with Crippen LogP contribution in [0.5, 0.6) is 5.75 Å². The van der Waals surface area contributed by atoms with Crippen LogP contribution in [-0.2, 0) is 9.53 Å². The SMILES string of the molecule is C=C(C)COC(C)/C(=C\C(=O)O)c1ccc(O)cc1. The van der Waals surface area contributed by atoms with Gasteiger partial charge in [-0.05, 0) is 37.1 Å². The van der Waals surface area contributed by atoms with Gasteiger partial charge in [-0.25, -0.2) is 4.79 Å². The molecular weight excluding hydrogens is 244 g/mol. The highest BCUT2D eigenvalue weighted by atomic mass is 16.5. The quantitative estimate of drug-likeness (QED) is 0.611. The Labute approximate surface area is 112 Å². The lowest BCUT2D eigenvalue weighted by molar-refractivity contribution is -0.131. The Bertz CT molecular complexity index is 485. The maximum Gasteiger partial charge on any atom is 0.328 e. The Morgan fingerprint density at radius 1 is 1.42 bits per heavy atom. The molecule has 4 nitrogen and oxygen atoms in total. The predicted molar refractivity (Wildman–Crippen MR) is 73.9 cm³/mol. The third-order valence-corrected chi connectivity index (χ3v) is 2.50. The molecule has 19 heavy (non-hydrogen) atoms. The van der Waals surface area contributed by atoms with E-state index in [0.717, 1.165) is 11.6 Å². The fourth-order valence-electron chi connectivity index (χ4n) is 1.58. The number of carboxylic acid groups (broad SMARTS) is 1. The predicted octanol–water partition coefficient (Wildman–Crippen LogP) is 2.84. The number of carbonyl (C=O) groups is 1. The molecule has 0 spiro atoms. The Morgan fingerprint density at radius 2 is 2.00 bits per heavy atom. The Hall–Kier alpha value is -2.07. The number of aromatic hydroxyl groups is 1. The van der Waals surface area contributed by atoms with E-state index in [-0.39, 0.29) is 11.9 Å². The van der Waals surface area contributed by atoms with Gasteiger partial charge in [0.15, 0.2) is 0 Å². The van der Waals surface area contributed by atoms with Gasteiger partial charge in [0.1, 0.15) is 5.75 Å². The molecule has 0 aliphatic rings. The molecule has 4 heteroatoms. The highest BCUT2D eigenvalue weighted by Crippen LogP contribution is 2.23. The Morgan fingerprint density at radius 3 is 2.47 bits per heavy atom. The van der Waals surface area contributed by atoms with Crippen molar-refractivity contribution in [3.8, 4) is 5.75 Å². The molecule has 0 saturated heterocycles. The molecule has 0 aliphatic carbocycles. The second-order valence-electron chi connectivity index (χ2n) is 4.40. The van der Waals surface area contributed by atoms with Crippen LogP contribution in [0.25, 0.3) is 5.57 Å². The molecule has 2 N–H and O–H groups in total. The molecule has 1 aromatic carbocycles. The maximum absolute atomic E-state index is 10.9. The van der Waals surface area contributed by atoms with Gasteiger partial charge in [-0.2, -0.15) is 0 Å². The van der Waals surface area contributed by atoms with Crippen LogP contribution in [0.3, 0.4) is 0 Å². The lowest BCUT2D eigenvalue weighted by Crippen LogP contribution is -2.13. The summed E-state index contributed by atoms with van der Waals surface area (Å²) in [4.78, 5) is 10.9. The molecule has 0 saturated carbocycles. The van der Waals surface area contributed by atoms with Crippen LogP contribution in [0.15, 0.2) is 42.5 Å². The normalized spacial score (nSPS) is 13.1. The van der Waals surface area contributed by atoms with Crippen LogP contribution in [0.2, 0.25) is 0 Å². The van der Waals surface area contributed by atoms with Crippen LogP contribution in [-0.4, -0.2) is 28.9 Å². The summed E-state index contributed by atoms with van der Waals surface area (Å²) >= 11 is 0. The largest absolute Gasteiger partial charge is 0.508 e. The summed E-state index contributed by atoms with van der Waals surface area (Å²) in [5.74, 6) is -0.900. The third kappa shape index (κ3) is 4.97. The lowest BCUT2D eigenvalue weighted by Gasteiger charge is -2.17. The van der Waals surface area contributed by atoms with Gasteiger partial charge < -0.3 is 14.9 Å². The minimum absolute atomic E-state index is 0.133. The number of aliphatic carboxylic acids is 1. The molecular formula is C15H18O4. The number of benzene rings is 1. The van der Waals surface area contributed by atoms with E-state index in [1.807, 2.05) is 6.92 Å². The maximum atomic E-state index is 10.9. The average molecular weight is 262 g/mol. The van der Waals surface area contributed by atoms with E-state index in [9.17, 15) is 9.90 Å². The first-order valence-corrected chi connectivity index (χ1v) is 5.90. The summed E-state index contributed by atoms with van der Waals surface area (Å²) < 4.78 is 5.56. The van der Waals surface area contributed by atoms with Crippen molar-refractivity contribution >= 4 is 11.5 Å². The zero-order chi connectivity index (χ0) is 14.4. The summed E-state index contributed by atoms with van der Waals surface area (Å²) in [5.41, 5.74) is 2.12. The summed E-state index contributed by atoms with van der Waals surface area (Å²) in [6, 6.07) is 6.34. The number of rotatable bonds is 6. The molecule has 0 bridgehead atoms. The number of ether oxygens (including phenoxy) is 1. The van der Waals surface area contributed by atoms with Gasteiger partial charge in [0, 0.05) is 6.08 Å². The Kier molecular flexibility index (Phi) is 5.33. The van der Waals surface area contributed by atoms with Crippen LogP contribution >= 0.6 is 0 Å². The van der Waals surface area contributed by atoms with E-state index in [1.54, 1.807) is 19.1 Å². The van der Waals surface area contributed by atoms with E-state index in [2.05, 4.69) is 6.58 Å². The van der Waals surface area contributed by atoms with Crippen molar-refractivity contribution in [1.82, 2.24) is 0 Å². The molecule has 1 unspecified atom stereocenters. The molecule has 0 aliphatic heterocycles. The van der Waals surface area contributed by atoms with Crippen molar-refractivity contribution in [3.05, 3.63) is 48.1 Å². The summed E-state index contributed by atoms with van der Waals surface area (Å²) in [7, 11) is 0. The van der Waals surface area contributed by atoms with Gasteiger partial charge in [-0.3, -0.25) is 0 Å². The van der Waals surface area contributed by atoms with Crippen molar-refractivity contribution in [2.24, 2.45) is 0 Å². The topological polar surface area (TPSA) is 66.8 Å². The van der Waals surface area contributed by atoms with E-state index in [4.69, 9.17) is 9.84 Å². The second kappa shape index (κ2) is 6.75. The molecule has 0 fully saturated rings. The zero-order valence-corrected chi connectivity index (χ0v) is 11.1. The van der Waals surface area contributed by atoms with Crippen molar-refractivity contribution < 1.29 is 19.7 Å². The van der Waals surface area contributed by atoms with Gasteiger partial charge in [-0.1, -0.05) is 24.3 Å². The number of hydrogen-bond donors (Lipinski definition) is 2. The lowest BCUT2D eigenvalue weighted by atomic mass is 10.0. The second-order valence-corrected chi connectivity index (χ2v) is 4.40. The minimum Gasteiger partial charge on any atom is -0.508 e. The summed E-state index contributed by atoms with van der Waals surface area (Å²) in [6.07, 6.45) is 0.743. The van der Waals surface area contributed by atoms with Crippen LogP contribution in [0.1, 0.15) is 19.4 Å².